The van der Waals surface area contributed by atoms with E-state index in [9.17, 15) is 23.4 Å². The molecule has 0 spiro atoms. The molecule has 0 fully saturated rings. The van der Waals surface area contributed by atoms with E-state index in [2.05, 4.69) is 0 Å². The topological polar surface area (TPSA) is 96.6 Å². The molecule has 26 heavy (non-hydrogen) atoms. The lowest BCUT2D eigenvalue weighted by molar-refractivity contribution is -0.130. The number of benzene rings is 1. The average Bonchev–Trinajstić information content (AvgIpc) is 2.75. The Morgan fingerprint density at radius 2 is 1.88 bits per heavy atom. The molecule has 0 atom stereocenters. The van der Waals surface area contributed by atoms with E-state index in [4.69, 9.17) is 0 Å². The first-order valence-electron chi connectivity index (χ1n) is 8.36. The van der Waals surface area contributed by atoms with Crippen molar-refractivity contribution in [3.63, 3.8) is 0 Å². The fraction of sp³-hybridized carbons (Fsp3) is 0.316. The summed E-state index contributed by atoms with van der Waals surface area (Å²) in [6.07, 6.45) is 3.18. The Balaban J connectivity index is 2.35. The molecule has 0 saturated heterocycles. The molecule has 1 aromatic carbocycles. The summed E-state index contributed by atoms with van der Waals surface area (Å²) in [4.78, 5) is 11.7. The van der Waals surface area contributed by atoms with Crippen LogP contribution in [0.5, 0.6) is 0 Å². The minimum atomic E-state index is -3.39. The molecule has 0 radical (unpaired) electrons. The van der Waals surface area contributed by atoms with Gasteiger partial charge in [-0.25, -0.2) is 13.2 Å². The molecule has 2 aromatic rings. The lowest BCUT2D eigenvalue weighted by atomic mass is 10.1. The number of carbonyl (C=O) groups is 1. The molecule has 7 heteroatoms. The molecule has 1 aliphatic heterocycles. The molecule has 0 unspecified atom stereocenters. The zero-order valence-electron chi connectivity index (χ0n) is 14.7. The fourth-order valence-corrected chi connectivity index (χ4v) is 4.08. The number of aromatic nitrogens is 1. The smallest absolute Gasteiger partial charge is 0.333 e. The van der Waals surface area contributed by atoms with Gasteiger partial charge in [0.15, 0.2) is 9.84 Å². The highest BCUT2D eigenvalue weighted by Gasteiger charge is 2.18. The quantitative estimate of drug-likeness (QED) is 0.844. The Morgan fingerprint density at radius 1 is 1.15 bits per heavy atom. The summed E-state index contributed by atoms with van der Waals surface area (Å²) >= 11 is 0. The van der Waals surface area contributed by atoms with Gasteiger partial charge in [-0.1, -0.05) is 12.1 Å². The second kappa shape index (κ2) is 6.64. The van der Waals surface area contributed by atoms with Crippen LogP contribution in [-0.4, -0.2) is 35.4 Å². The number of aliphatic hydroxyl groups is 1. The second-order valence-electron chi connectivity index (χ2n) is 6.60. The first kappa shape index (κ1) is 18.3. The maximum Gasteiger partial charge on any atom is 0.333 e. The first-order valence-corrected chi connectivity index (χ1v) is 10.3. The van der Waals surface area contributed by atoms with Crippen LogP contribution in [0.4, 0.5) is 0 Å². The van der Waals surface area contributed by atoms with Crippen LogP contribution in [0.25, 0.3) is 11.3 Å². The van der Waals surface area contributed by atoms with Crippen molar-refractivity contribution in [1.82, 2.24) is 4.57 Å². The number of aryl methyl sites for hydroxylation is 1. The SMILES string of the molecule is Cc1cc2n(c1=C(O)c1cccc(S(C)(=O)=O)c1)CCCCC=2C(=O)O. The van der Waals surface area contributed by atoms with Crippen molar-refractivity contribution in [2.24, 2.45) is 0 Å². The average molecular weight is 375 g/mol. The number of nitrogens with zero attached hydrogens (tertiary/aromatic N) is 1. The highest BCUT2D eigenvalue weighted by molar-refractivity contribution is 7.90. The van der Waals surface area contributed by atoms with Gasteiger partial charge in [0.25, 0.3) is 0 Å². The summed E-state index contributed by atoms with van der Waals surface area (Å²) in [7, 11) is -3.39. The van der Waals surface area contributed by atoms with Crippen molar-refractivity contribution in [2.45, 2.75) is 37.6 Å². The number of fused-ring (bicyclic) bond motifs is 1. The van der Waals surface area contributed by atoms with E-state index in [0.29, 0.717) is 34.8 Å². The summed E-state index contributed by atoms with van der Waals surface area (Å²) in [5, 5.41) is 21.5. The van der Waals surface area contributed by atoms with Crippen molar-refractivity contribution in [3.05, 3.63) is 52.2 Å². The van der Waals surface area contributed by atoms with E-state index in [1.54, 1.807) is 18.2 Å². The third kappa shape index (κ3) is 3.26. The fourth-order valence-electron chi connectivity index (χ4n) is 3.41. The van der Waals surface area contributed by atoms with Crippen LogP contribution in [0.3, 0.4) is 0 Å². The Kier molecular flexibility index (Phi) is 4.66. The van der Waals surface area contributed by atoms with Crippen molar-refractivity contribution >= 4 is 27.1 Å². The number of carboxylic acids is 1. The lowest BCUT2D eigenvalue weighted by Crippen LogP contribution is -2.31. The van der Waals surface area contributed by atoms with Crippen LogP contribution in [0.15, 0.2) is 35.2 Å². The summed E-state index contributed by atoms with van der Waals surface area (Å²) in [5.74, 6) is -0.998. The number of rotatable bonds is 3. The van der Waals surface area contributed by atoms with Crippen molar-refractivity contribution in [2.75, 3.05) is 6.26 Å². The third-order valence-corrected chi connectivity index (χ3v) is 5.78. The van der Waals surface area contributed by atoms with Crippen LogP contribution < -0.4 is 10.7 Å². The zero-order chi connectivity index (χ0) is 19.1. The van der Waals surface area contributed by atoms with E-state index in [-0.39, 0.29) is 10.7 Å². The second-order valence-corrected chi connectivity index (χ2v) is 8.62. The number of sulfone groups is 1. The van der Waals surface area contributed by atoms with Gasteiger partial charge in [-0.2, -0.15) is 0 Å². The van der Waals surface area contributed by atoms with E-state index < -0.39 is 15.8 Å². The number of hydrogen-bond donors (Lipinski definition) is 2. The summed E-state index contributed by atoms with van der Waals surface area (Å²) in [5.41, 5.74) is 1.48. The summed E-state index contributed by atoms with van der Waals surface area (Å²) in [6.45, 7) is 2.41. The molecule has 3 rings (SSSR count). The molecule has 2 N–H and O–H groups in total. The van der Waals surface area contributed by atoms with E-state index in [0.717, 1.165) is 24.7 Å². The molecule has 0 bridgehead atoms. The highest BCUT2D eigenvalue weighted by atomic mass is 32.2. The molecule has 0 amide bonds. The first-order chi connectivity index (χ1) is 12.2. The van der Waals surface area contributed by atoms with E-state index >= 15 is 0 Å². The zero-order valence-corrected chi connectivity index (χ0v) is 15.5. The maximum absolute atomic E-state index is 11.8. The molecule has 1 aromatic heterocycles. The molecule has 0 aliphatic carbocycles. The number of aliphatic carboxylic acids is 1. The van der Waals surface area contributed by atoms with Gasteiger partial charge in [-0.3, -0.25) is 0 Å². The van der Waals surface area contributed by atoms with Gasteiger partial charge in [0.1, 0.15) is 5.76 Å². The molecule has 138 valence electrons. The van der Waals surface area contributed by atoms with Crippen molar-refractivity contribution in [1.29, 1.82) is 0 Å². The van der Waals surface area contributed by atoms with Crippen LogP contribution >= 0.6 is 0 Å². The Bertz CT molecular complexity index is 1110. The molecule has 6 nitrogen and oxygen atoms in total. The highest BCUT2D eigenvalue weighted by Crippen LogP contribution is 2.17. The monoisotopic (exact) mass is 375 g/mol. The Hall–Kier alpha value is -2.54. The van der Waals surface area contributed by atoms with Gasteiger partial charge in [0.05, 0.1) is 21.2 Å². The van der Waals surface area contributed by atoms with Gasteiger partial charge in [0.2, 0.25) is 0 Å². The van der Waals surface area contributed by atoms with Crippen LogP contribution in [-0.2, 0) is 21.2 Å². The largest absolute Gasteiger partial charge is 0.505 e. The Labute approximate surface area is 151 Å². The number of hydrogen-bond acceptors (Lipinski definition) is 4. The maximum atomic E-state index is 11.8. The third-order valence-electron chi connectivity index (χ3n) is 4.67. The van der Waals surface area contributed by atoms with Crippen molar-refractivity contribution < 1.29 is 23.4 Å². The molecular weight excluding hydrogens is 354 g/mol. The minimum Gasteiger partial charge on any atom is -0.505 e. The Morgan fingerprint density at radius 3 is 2.54 bits per heavy atom. The van der Waals surface area contributed by atoms with Gasteiger partial charge < -0.3 is 14.8 Å². The molecule has 2 heterocycles. The lowest BCUT2D eigenvalue weighted by Gasteiger charge is -2.07. The van der Waals surface area contributed by atoms with Crippen LogP contribution in [0, 0.1) is 6.92 Å². The molecule has 0 saturated carbocycles. The predicted octanol–water partition coefficient (Wildman–Crippen LogP) is 1.33. The summed E-state index contributed by atoms with van der Waals surface area (Å²) < 4.78 is 25.4. The molecule has 1 aliphatic rings. The van der Waals surface area contributed by atoms with Crippen LogP contribution in [0.1, 0.15) is 30.4 Å². The minimum absolute atomic E-state index is 0.0501. The van der Waals surface area contributed by atoms with Gasteiger partial charge in [-0.05, 0) is 49.9 Å². The van der Waals surface area contributed by atoms with Crippen molar-refractivity contribution in [3.8, 4) is 0 Å². The molecular formula is C19H21NO5S. The van der Waals surface area contributed by atoms with Gasteiger partial charge >= 0.3 is 5.97 Å². The van der Waals surface area contributed by atoms with Gasteiger partial charge in [0, 0.05) is 18.4 Å². The number of carboxylic acid groups (broad SMARTS) is 1. The standard InChI is InChI=1S/C19H21NO5S/c1-12-10-16-15(19(22)23)8-3-4-9-20(16)17(12)18(21)13-6-5-7-14(11-13)26(2,24)25/h5-7,10-11,21H,3-4,8-9H2,1-2H3,(H,22,23). The van der Waals surface area contributed by atoms with Crippen LogP contribution in [0.2, 0.25) is 0 Å². The van der Waals surface area contributed by atoms with Gasteiger partial charge in [-0.15, -0.1) is 0 Å². The van der Waals surface area contributed by atoms with E-state index in [1.807, 2.05) is 11.5 Å². The van der Waals surface area contributed by atoms with E-state index in [1.165, 1.54) is 12.1 Å². The number of aliphatic hydroxyl groups excluding tert-OH is 1. The summed E-state index contributed by atoms with van der Waals surface area (Å²) in [6, 6.07) is 7.91. The normalized spacial score (nSPS) is 16.0. The predicted molar refractivity (Wildman–Crippen MR) is 98.0 cm³/mol.